The van der Waals surface area contributed by atoms with E-state index < -0.39 is 0 Å². The first-order chi connectivity index (χ1) is 10.5. The standard InChI is InChI=1S/C17H25N3O2/c1-4-14-5-7-15(8-6-14)16(21)13-19-9-11-20(12-10-19)17(22)18(2)3/h5-8H,4,9-13H2,1-3H3. The van der Waals surface area contributed by atoms with Crippen LogP contribution in [0.3, 0.4) is 0 Å². The summed E-state index contributed by atoms with van der Waals surface area (Å²) in [5.74, 6) is 0.148. The number of carbonyl (C=O) groups is 2. The number of aryl methyl sites for hydroxylation is 1. The van der Waals surface area contributed by atoms with Gasteiger partial charge in [0.15, 0.2) is 5.78 Å². The Bertz CT molecular complexity index is 517. The Kier molecular flexibility index (Phi) is 5.55. The first-order valence-corrected chi connectivity index (χ1v) is 7.82. The summed E-state index contributed by atoms with van der Waals surface area (Å²) in [5, 5.41) is 0. The summed E-state index contributed by atoms with van der Waals surface area (Å²) >= 11 is 0. The fourth-order valence-electron chi connectivity index (χ4n) is 2.60. The summed E-state index contributed by atoms with van der Waals surface area (Å²) in [6.07, 6.45) is 0.982. The first kappa shape index (κ1) is 16.5. The van der Waals surface area contributed by atoms with Crippen molar-refractivity contribution in [2.24, 2.45) is 0 Å². The summed E-state index contributed by atoms with van der Waals surface area (Å²) in [5.41, 5.74) is 2.01. The van der Waals surface area contributed by atoms with Crippen LogP contribution in [0.1, 0.15) is 22.8 Å². The predicted octanol–water partition coefficient (Wildman–Crippen LogP) is 1.73. The van der Waals surface area contributed by atoms with E-state index in [0.29, 0.717) is 19.6 Å². The smallest absolute Gasteiger partial charge is 0.319 e. The number of amides is 2. The number of hydrogen-bond acceptors (Lipinski definition) is 3. The van der Waals surface area contributed by atoms with Gasteiger partial charge < -0.3 is 9.80 Å². The monoisotopic (exact) mass is 303 g/mol. The van der Waals surface area contributed by atoms with Gasteiger partial charge in [-0.3, -0.25) is 9.69 Å². The van der Waals surface area contributed by atoms with Gasteiger partial charge in [0.25, 0.3) is 0 Å². The molecular formula is C17H25N3O2. The molecule has 120 valence electrons. The zero-order valence-electron chi connectivity index (χ0n) is 13.7. The molecule has 0 aliphatic carbocycles. The Morgan fingerprint density at radius 1 is 1.05 bits per heavy atom. The Labute approximate surface area is 132 Å². The van der Waals surface area contributed by atoms with Gasteiger partial charge in [-0.2, -0.15) is 0 Å². The van der Waals surface area contributed by atoms with E-state index in [0.717, 1.165) is 25.1 Å². The third-order valence-electron chi connectivity index (χ3n) is 4.08. The maximum Gasteiger partial charge on any atom is 0.319 e. The van der Waals surface area contributed by atoms with Gasteiger partial charge in [0.2, 0.25) is 0 Å². The van der Waals surface area contributed by atoms with Gasteiger partial charge >= 0.3 is 6.03 Å². The van der Waals surface area contributed by atoms with Crippen molar-refractivity contribution in [3.05, 3.63) is 35.4 Å². The SMILES string of the molecule is CCc1ccc(C(=O)CN2CCN(C(=O)N(C)C)CC2)cc1. The van der Waals surface area contributed by atoms with Crippen molar-refractivity contribution in [2.45, 2.75) is 13.3 Å². The maximum absolute atomic E-state index is 12.3. The second kappa shape index (κ2) is 7.40. The second-order valence-corrected chi connectivity index (χ2v) is 5.91. The van der Waals surface area contributed by atoms with E-state index in [4.69, 9.17) is 0 Å². The molecule has 0 aromatic heterocycles. The van der Waals surface area contributed by atoms with Crippen LogP contribution in [0.25, 0.3) is 0 Å². The molecule has 1 aromatic rings. The third-order valence-corrected chi connectivity index (χ3v) is 4.08. The highest BCUT2D eigenvalue weighted by Gasteiger charge is 2.23. The van der Waals surface area contributed by atoms with Gasteiger partial charge in [0, 0.05) is 45.8 Å². The fourth-order valence-corrected chi connectivity index (χ4v) is 2.60. The van der Waals surface area contributed by atoms with Gasteiger partial charge in [-0.25, -0.2) is 4.79 Å². The molecule has 1 aliphatic rings. The molecule has 0 bridgehead atoms. The lowest BCUT2D eigenvalue weighted by Gasteiger charge is -2.35. The van der Waals surface area contributed by atoms with E-state index in [1.807, 2.05) is 29.2 Å². The van der Waals surface area contributed by atoms with Crippen molar-refractivity contribution in [3.63, 3.8) is 0 Å². The molecule has 1 aromatic carbocycles. The molecule has 0 radical (unpaired) electrons. The van der Waals surface area contributed by atoms with E-state index in [9.17, 15) is 9.59 Å². The van der Waals surface area contributed by atoms with E-state index in [1.165, 1.54) is 5.56 Å². The molecule has 2 rings (SSSR count). The van der Waals surface area contributed by atoms with Crippen LogP contribution in [-0.4, -0.2) is 73.3 Å². The van der Waals surface area contributed by atoms with Crippen LogP contribution in [0.2, 0.25) is 0 Å². The second-order valence-electron chi connectivity index (χ2n) is 5.91. The summed E-state index contributed by atoms with van der Waals surface area (Å²) in [7, 11) is 3.52. The minimum absolute atomic E-state index is 0.0427. The lowest BCUT2D eigenvalue weighted by atomic mass is 10.1. The number of benzene rings is 1. The highest BCUT2D eigenvalue weighted by atomic mass is 16.2. The average Bonchev–Trinajstić information content (AvgIpc) is 2.54. The molecule has 0 unspecified atom stereocenters. The highest BCUT2D eigenvalue weighted by molar-refractivity contribution is 5.97. The van der Waals surface area contributed by atoms with Crippen molar-refractivity contribution in [1.82, 2.24) is 14.7 Å². The highest BCUT2D eigenvalue weighted by Crippen LogP contribution is 2.09. The number of Topliss-reactive ketones (excluding diaryl/α,β-unsaturated/α-hetero) is 1. The minimum Gasteiger partial charge on any atom is -0.331 e. The Hall–Kier alpha value is -1.88. The molecule has 1 aliphatic heterocycles. The van der Waals surface area contributed by atoms with Crippen LogP contribution in [0, 0.1) is 0 Å². The Morgan fingerprint density at radius 3 is 2.14 bits per heavy atom. The minimum atomic E-state index is 0.0427. The number of nitrogens with zero attached hydrogens (tertiary/aromatic N) is 3. The molecule has 22 heavy (non-hydrogen) atoms. The molecule has 5 heteroatoms. The summed E-state index contributed by atoms with van der Waals surface area (Å²) in [6.45, 7) is 5.38. The number of hydrogen-bond donors (Lipinski definition) is 0. The fraction of sp³-hybridized carbons (Fsp3) is 0.529. The molecule has 5 nitrogen and oxygen atoms in total. The molecule has 0 atom stereocenters. The van der Waals surface area contributed by atoms with Crippen molar-refractivity contribution in [1.29, 1.82) is 0 Å². The number of rotatable bonds is 4. The van der Waals surface area contributed by atoms with Crippen molar-refractivity contribution in [2.75, 3.05) is 46.8 Å². The van der Waals surface area contributed by atoms with E-state index in [2.05, 4.69) is 11.8 Å². The largest absolute Gasteiger partial charge is 0.331 e. The topological polar surface area (TPSA) is 43.9 Å². The lowest BCUT2D eigenvalue weighted by Crippen LogP contribution is -2.52. The van der Waals surface area contributed by atoms with Gasteiger partial charge in [-0.15, -0.1) is 0 Å². The van der Waals surface area contributed by atoms with Gasteiger partial charge in [-0.05, 0) is 12.0 Å². The number of ketones is 1. The van der Waals surface area contributed by atoms with Crippen LogP contribution >= 0.6 is 0 Å². The van der Waals surface area contributed by atoms with Crippen molar-refractivity contribution >= 4 is 11.8 Å². The summed E-state index contributed by atoms with van der Waals surface area (Å²) < 4.78 is 0. The molecule has 1 fully saturated rings. The van der Waals surface area contributed by atoms with Crippen LogP contribution in [0.4, 0.5) is 4.79 Å². The molecule has 0 N–H and O–H groups in total. The number of carbonyl (C=O) groups excluding carboxylic acids is 2. The number of piperazine rings is 1. The number of urea groups is 1. The van der Waals surface area contributed by atoms with E-state index in [-0.39, 0.29) is 11.8 Å². The van der Waals surface area contributed by atoms with Gasteiger partial charge in [0.05, 0.1) is 6.54 Å². The average molecular weight is 303 g/mol. The van der Waals surface area contributed by atoms with Crippen molar-refractivity contribution < 1.29 is 9.59 Å². The molecule has 1 saturated heterocycles. The van der Waals surface area contributed by atoms with E-state index in [1.54, 1.807) is 19.0 Å². The molecule has 1 heterocycles. The molecular weight excluding hydrogens is 278 g/mol. The van der Waals surface area contributed by atoms with E-state index >= 15 is 0 Å². The third kappa shape index (κ3) is 4.07. The van der Waals surface area contributed by atoms with Crippen LogP contribution in [0.5, 0.6) is 0 Å². The molecule has 2 amide bonds. The molecule has 0 spiro atoms. The van der Waals surface area contributed by atoms with Crippen molar-refractivity contribution in [3.8, 4) is 0 Å². The lowest BCUT2D eigenvalue weighted by molar-refractivity contribution is 0.0863. The predicted molar refractivity (Wildman–Crippen MR) is 87.2 cm³/mol. The maximum atomic E-state index is 12.3. The van der Waals surface area contributed by atoms with Crippen LogP contribution < -0.4 is 0 Å². The van der Waals surface area contributed by atoms with Gasteiger partial charge in [-0.1, -0.05) is 31.2 Å². The first-order valence-electron chi connectivity index (χ1n) is 7.82. The normalized spacial score (nSPS) is 15.7. The van der Waals surface area contributed by atoms with Crippen LogP contribution in [0.15, 0.2) is 24.3 Å². The van der Waals surface area contributed by atoms with Crippen LogP contribution in [-0.2, 0) is 6.42 Å². The Balaban J connectivity index is 1.84. The summed E-state index contributed by atoms with van der Waals surface area (Å²) in [4.78, 5) is 29.7. The summed E-state index contributed by atoms with van der Waals surface area (Å²) in [6, 6.07) is 7.89. The van der Waals surface area contributed by atoms with Gasteiger partial charge in [0.1, 0.15) is 0 Å². The zero-order chi connectivity index (χ0) is 16.1. The quantitative estimate of drug-likeness (QED) is 0.796. The molecule has 0 saturated carbocycles. The zero-order valence-corrected chi connectivity index (χ0v) is 13.7. The Morgan fingerprint density at radius 2 is 1.64 bits per heavy atom.